The van der Waals surface area contributed by atoms with Gasteiger partial charge in [0.25, 0.3) is 0 Å². The Labute approximate surface area is 195 Å². The fourth-order valence-corrected chi connectivity index (χ4v) is 6.83. The Morgan fingerprint density at radius 2 is 1.91 bits per heavy atom. The number of halogens is 1. The Kier molecular flexibility index (Phi) is 5.68. The number of carbonyl (C=O) groups excluding carboxylic acids is 1. The van der Waals surface area contributed by atoms with Gasteiger partial charge in [0.15, 0.2) is 0 Å². The van der Waals surface area contributed by atoms with Gasteiger partial charge in [0.05, 0.1) is 17.6 Å². The van der Waals surface area contributed by atoms with Crippen LogP contribution in [0.5, 0.6) is 0 Å². The van der Waals surface area contributed by atoms with Crippen molar-refractivity contribution in [3.8, 4) is 0 Å². The van der Waals surface area contributed by atoms with Gasteiger partial charge >= 0.3 is 5.97 Å². The third-order valence-corrected chi connectivity index (χ3v) is 9.34. The molecule has 2 heterocycles. The number of carbonyl (C=O) groups is 1. The molecule has 0 radical (unpaired) electrons. The van der Waals surface area contributed by atoms with Gasteiger partial charge in [0.1, 0.15) is 6.10 Å². The van der Waals surface area contributed by atoms with E-state index in [1.54, 1.807) is 0 Å². The summed E-state index contributed by atoms with van der Waals surface area (Å²) in [6.45, 7) is 6.39. The van der Waals surface area contributed by atoms with Gasteiger partial charge in [-0.25, -0.2) is 0 Å². The summed E-state index contributed by atoms with van der Waals surface area (Å²) < 4.78 is 5.81. The predicted molar refractivity (Wildman–Crippen MR) is 123 cm³/mol. The summed E-state index contributed by atoms with van der Waals surface area (Å²) in [5.41, 5.74) is 1.02. The molecule has 1 aromatic rings. The topological polar surface area (TPSA) is 70.0 Å². The van der Waals surface area contributed by atoms with Crippen molar-refractivity contribution in [2.24, 2.45) is 23.2 Å². The molecule has 2 aliphatic heterocycles. The number of esters is 1. The number of benzene rings is 1. The van der Waals surface area contributed by atoms with Gasteiger partial charge in [-0.3, -0.25) is 4.79 Å². The molecule has 0 aromatic heterocycles. The first-order valence-electron chi connectivity index (χ1n) is 12.0. The van der Waals surface area contributed by atoms with Gasteiger partial charge in [0.2, 0.25) is 0 Å². The van der Waals surface area contributed by atoms with Crippen LogP contribution in [0, 0.1) is 23.2 Å². The van der Waals surface area contributed by atoms with Gasteiger partial charge in [-0.1, -0.05) is 49.2 Å². The quantitative estimate of drug-likeness (QED) is 0.529. The minimum atomic E-state index is -0.866. The lowest BCUT2D eigenvalue weighted by molar-refractivity contribution is -0.145. The van der Waals surface area contributed by atoms with Crippen molar-refractivity contribution in [2.45, 2.75) is 63.8 Å². The maximum atomic E-state index is 12.9. The second-order valence-corrected chi connectivity index (χ2v) is 11.1. The molecule has 1 saturated carbocycles. The smallest absolute Gasteiger partial charge is 0.311 e. The van der Waals surface area contributed by atoms with Gasteiger partial charge in [0, 0.05) is 42.4 Å². The van der Waals surface area contributed by atoms with Gasteiger partial charge < -0.3 is 19.8 Å². The van der Waals surface area contributed by atoms with Crippen LogP contribution < -0.4 is 0 Å². The molecule has 3 fully saturated rings. The van der Waals surface area contributed by atoms with E-state index in [2.05, 4.69) is 24.8 Å². The number of rotatable bonds is 3. The number of aliphatic hydroxyl groups is 2. The number of hydrogen-bond acceptors (Lipinski definition) is 5. The van der Waals surface area contributed by atoms with E-state index in [9.17, 15) is 15.0 Å². The number of nitrogens with zero attached hydrogens (tertiary/aromatic N) is 1. The van der Waals surface area contributed by atoms with Crippen molar-refractivity contribution < 1.29 is 19.7 Å². The second-order valence-electron chi connectivity index (χ2n) is 10.6. The number of aliphatic hydroxyl groups excluding tert-OH is 1. The summed E-state index contributed by atoms with van der Waals surface area (Å²) in [5, 5.41) is 23.4. The largest absolute Gasteiger partial charge is 0.461 e. The lowest BCUT2D eigenvalue weighted by Gasteiger charge is -2.52. The number of allylic oxidation sites excluding steroid dienone is 1. The van der Waals surface area contributed by atoms with E-state index in [4.69, 9.17) is 16.3 Å². The Bertz CT molecular complexity index is 907. The lowest BCUT2D eigenvalue weighted by atomic mass is 9.55. The van der Waals surface area contributed by atoms with Gasteiger partial charge in [-0.15, -0.1) is 0 Å². The Morgan fingerprint density at radius 3 is 2.59 bits per heavy atom. The van der Waals surface area contributed by atoms with E-state index >= 15 is 0 Å². The van der Waals surface area contributed by atoms with Crippen LogP contribution in [-0.4, -0.2) is 52.9 Å². The fraction of sp³-hybridized carbons (Fsp3) is 0.654. The monoisotopic (exact) mass is 459 g/mol. The molecule has 2 N–H and O–H groups in total. The zero-order valence-electron chi connectivity index (χ0n) is 19.0. The first-order valence-corrected chi connectivity index (χ1v) is 12.4. The lowest BCUT2D eigenvalue weighted by Crippen LogP contribution is -2.55. The number of piperidine rings is 1. The molecule has 4 aliphatic rings. The van der Waals surface area contributed by atoms with Crippen molar-refractivity contribution in [1.82, 2.24) is 4.90 Å². The summed E-state index contributed by atoms with van der Waals surface area (Å²) >= 11 is 6.00. The Hall–Kier alpha value is -1.40. The minimum Gasteiger partial charge on any atom is -0.461 e. The van der Waals surface area contributed by atoms with Crippen molar-refractivity contribution in [2.75, 3.05) is 19.6 Å². The highest BCUT2D eigenvalue weighted by Gasteiger charge is 2.59. The van der Waals surface area contributed by atoms with Crippen LogP contribution in [0.2, 0.25) is 5.02 Å². The van der Waals surface area contributed by atoms with Crippen molar-refractivity contribution >= 4 is 17.6 Å². The highest BCUT2D eigenvalue weighted by Crippen LogP contribution is 2.56. The number of hydrogen-bond donors (Lipinski definition) is 2. The molecule has 5 rings (SSSR count). The number of fused-ring (bicyclic) bond motifs is 2. The molecule has 0 bridgehead atoms. The van der Waals surface area contributed by atoms with Gasteiger partial charge in [-0.2, -0.15) is 0 Å². The van der Waals surface area contributed by atoms with E-state index in [0.717, 1.165) is 24.8 Å². The van der Waals surface area contributed by atoms with E-state index in [-0.39, 0.29) is 29.3 Å². The third-order valence-electron chi connectivity index (χ3n) is 9.09. The van der Waals surface area contributed by atoms with Crippen LogP contribution in [0.3, 0.4) is 0 Å². The first-order chi connectivity index (χ1) is 15.2. The average molecular weight is 460 g/mol. The second kappa shape index (κ2) is 8.12. The fourth-order valence-electron chi connectivity index (χ4n) is 6.71. The average Bonchev–Trinajstić information content (AvgIpc) is 3.07. The molecule has 32 heavy (non-hydrogen) atoms. The molecule has 0 unspecified atom stereocenters. The van der Waals surface area contributed by atoms with Crippen molar-refractivity contribution in [3.63, 3.8) is 0 Å². The van der Waals surface area contributed by atoms with Crippen LogP contribution in [0.4, 0.5) is 0 Å². The normalized spacial score (nSPS) is 39.1. The molecule has 1 aromatic carbocycles. The Morgan fingerprint density at radius 1 is 1.22 bits per heavy atom. The zero-order chi connectivity index (χ0) is 22.7. The van der Waals surface area contributed by atoms with E-state index < -0.39 is 11.7 Å². The van der Waals surface area contributed by atoms with Crippen molar-refractivity contribution in [1.29, 1.82) is 0 Å². The molecular formula is C26H34ClNO4. The SMILES string of the molecule is C[C@@H]1CCC=C2C[C@H]3OC(=O)[C@@H](CN4CCC(O)(c5ccc(Cl)cc5)CC4)[C@@H]3[C@H](O)[C@@]21C. The number of ether oxygens (including phenoxy) is 1. The van der Waals surface area contributed by atoms with Gasteiger partial charge in [-0.05, 0) is 49.3 Å². The minimum absolute atomic E-state index is 0.165. The molecule has 2 aliphatic carbocycles. The summed E-state index contributed by atoms with van der Waals surface area (Å²) in [7, 11) is 0. The van der Waals surface area contributed by atoms with Crippen LogP contribution in [0.25, 0.3) is 0 Å². The maximum absolute atomic E-state index is 12.9. The molecule has 0 spiro atoms. The first kappa shape index (κ1) is 22.4. The predicted octanol–water partition coefficient (Wildman–Crippen LogP) is 3.91. The van der Waals surface area contributed by atoms with Crippen LogP contribution in [-0.2, 0) is 15.1 Å². The molecule has 2 saturated heterocycles. The highest BCUT2D eigenvalue weighted by molar-refractivity contribution is 6.30. The summed E-state index contributed by atoms with van der Waals surface area (Å²) in [6.07, 6.45) is 5.55. The standard InChI is InChI=1S/C26H34ClNO4/c1-16-4-3-5-18-14-21-22(23(29)25(16,18)2)20(24(30)32-21)15-28-12-10-26(31,11-13-28)17-6-8-19(27)9-7-17/h5-9,16,20-23,29,31H,3-4,10-15H2,1-2H3/t16-,20+,21-,22+,23+,25-/m1/s1. The molecule has 6 atom stereocenters. The molecule has 5 nitrogen and oxygen atoms in total. The van der Waals surface area contributed by atoms with E-state index in [1.165, 1.54) is 5.57 Å². The van der Waals surface area contributed by atoms with Crippen LogP contribution in [0.15, 0.2) is 35.9 Å². The molecule has 0 amide bonds. The summed E-state index contributed by atoms with van der Waals surface area (Å²) in [4.78, 5) is 15.1. The maximum Gasteiger partial charge on any atom is 0.311 e. The summed E-state index contributed by atoms with van der Waals surface area (Å²) in [6, 6.07) is 7.42. The van der Waals surface area contributed by atoms with E-state index in [0.29, 0.717) is 43.4 Å². The van der Waals surface area contributed by atoms with Crippen molar-refractivity contribution in [3.05, 3.63) is 46.5 Å². The number of likely N-dealkylation sites (tertiary alicyclic amines) is 1. The molecule has 174 valence electrons. The third kappa shape index (κ3) is 3.53. The Balaban J connectivity index is 1.29. The molecule has 6 heteroatoms. The molecular weight excluding hydrogens is 426 g/mol. The zero-order valence-corrected chi connectivity index (χ0v) is 19.7. The summed E-state index contributed by atoms with van der Waals surface area (Å²) in [5.74, 6) is -0.265. The van der Waals surface area contributed by atoms with Crippen LogP contribution >= 0.6 is 11.6 Å². The van der Waals surface area contributed by atoms with E-state index in [1.807, 2.05) is 24.3 Å². The highest BCUT2D eigenvalue weighted by atomic mass is 35.5. The van der Waals surface area contributed by atoms with Crippen LogP contribution in [0.1, 0.15) is 51.5 Å².